The summed E-state index contributed by atoms with van der Waals surface area (Å²) in [6.45, 7) is 0. The lowest BCUT2D eigenvalue weighted by Crippen LogP contribution is -2.42. The van der Waals surface area contributed by atoms with Gasteiger partial charge in [0.2, 0.25) is 0 Å². The van der Waals surface area contributed by atoms with Crippen molar-refractivity contribution >= 4 is 17.9 Å². The molecular weight excluding hydrogens is 340 g/mol. The predicted octanol–water partition coefficient (Wildman–Crippen LogP) is 0.768. The van der Waals surface area contributed by atoms with Gasteiger partial charge in [-0.2, -0.15) is 0 Å². The van der Waals surface area contributed by atoms with Crippen molar-refractivity contribution in [2.75, 3.05) is 0 Å². The smallest absolute Gasteiger partial charge is 0.338 e. The average Bonchev–Trinajstić information content (AvgIpc) is 2.61. The van der Waals surface area contributed by atoms with Crippen LogP contribution in [-0.4, -0.2) is 46.3 Å². The Morgan fingerprint density at radius 2 is 1.73 bits per heavy atom. The molecule has 0 radical (unpaired) electrons. The Morgan fingerprint density at radius 1 is 1.08 bits per heavy atom. The molecule has 26 heavy (non-hydrogen) atoms. The summed E-state index contributed by atoms with van der Waals surface area (Å²) < 4.78 is 5.49. The maximum absolute atomic E-state index is 12.3. The minimum atomic E-state index is -1.08. The second kappa shape index (κ2) is 8.77. The lowest BCUT2D eigenvalue weighted by atomic mass is 9.82. The van der Waals surface area contributed by atoms with Crippen LogP contribution in [0, 0.1) is 5.92 Å². The number of carboxylic acids is 2. The van der Waals surface area contributed by atoms with E-state index in [-0.39, 0.29) is 18.4 Å². The van der Waals surface area contributed by atoms with Crippen molar-refractivity contribution in [1.82, 2.24) is 0 Å². The molecule has 4 atom stereocenters. The third-order valence-electron chi connectivity index (χ3n) is 4.70. The van der Waals surface area contributed by atoms with Crippen molar-refractivity contribution in [2.24, 2.45) is 17.4 Å². The Labute approximate surface area is 151 Å². The van der Waals surface area contributed by atoms with Crippen LogP contribution in [-0.2, 0) is 20.7 Å². The largest absolute Gasteiger partial charge is 0.480 e. The van der Waals surface area contributed by atoms with Crippen LogP contribution >= 0.6 is 0 Å². The van der Waals surface area contributed by atoms with E-state index in [9.17, 15) is 14.4 Å². The first-order valence-electron chi connectivity index (χ1n) is 8.54. The van der Waals surface area contributed by atoms with Gasteiger partial charge in [0, 0.05) is 0 Å². The Hall–Kier alpha value is -2.45. The first-order valence-corrected chi connectivity index (χ1v) is 8.54. The van der Waals surface area contributed by atoms with Crippen LogP contribution in [0.5, 0.6) is 0 Å². The van der Waals surface area contributed by atoms with Gasteiger partial charge in [0.25, 0.3) is 0 Å². The molecule has 0 spiro atoms. The number of carbonyl (C=O) groups excluding carboxylic acids is 1. The van der Waals surface area contributed by atoms with Crippen LogP contribution in [0.4, 0.5) is 0 Å². The Bertz CT molecular complexity index is 660. The molecular formula is C18H24N2O6. The number of carboxylic acid groups (broad SMARTS) is 2. The Balaban J connectivity index is 1.92. The molecule has 0 aliphatic heterocycles. The maximum atomic E-state index is 12.3. The summed E-state index contributed by atoms with van der Waals surface area (Å²) in [7, 11) is 0. The van der Waals surface area contributed by atoms with E-state index in [0.717, 1.165) is 6.42 Å². The maximum Gasteiger partial charge on any atom is 0.338 e. The van der Waals surface area contributed by atoms with Crippen LogP contribution in [0.1, 0.15) is 41.6 Å². The molecule has 2 rings (SSSR count). The van der Waals surface area contributed by atoms with Crippen molar-refractivity contribution in [3.63, 3.8) is 0 Å². The fourth-order valence-electron chi connectivity index (χ4n) is 3.15. The normalized spacial score (nSPS) is 22.2. The van der Waals surface area contributed by atoms with Crippen LogP contribution in [0.25, 0.3) is 0 Å². The van der Waals surface area contributed by atoms with E-state index >= 15 is 0 Å². The topological polar surface area (TPSA) is 153 Å². The molecule has 8 heteroatoms. The zero-order chi connectivity index (χ0) is 19.3. The molecule has 1 aliphatic rings. The van der Waals surface area contributed by atoms with Crippen molar-refractivity contribution < 1.29 is 29.3 Å². The summed E-state index contributed by atoms with van der Waals surface area (Å²) in [5.41, 5.74) is 12.2. The monoisotopic (exact) mass is 364 g/mol. The standard InChI is InChI=1S/C18H24N2O6/c19-14(16(21)22)8-10-4-6-11(7-5-10)18(25)26-13-3-1-2-12(9-13)15(20)17(23)24/h4-7,12-15H,1-3,8-9,19-20H2,(H,21,22)(H,23,24)/t12?,13?,14-,15-/m0/s1. The summed E-state index contributed by atoms with van der Waals surface area (Å²) in [4.78, 5) is 34.1. The van der Waals surface area contributed by atoms with Gasteiger partial charge in [-0.3, -0.25) is 9.59 Å². The SMILES string of the molecule is N[C@H](C(=O)O)C1CCCC(OC(=O)c2ccc(C[C@H](N)C(=O)O)cc2)C1. The quantitative estimate of drug-likeness (QED) is 0.517. The number of benzene rings is 1. The molecule has 8 nitrogen and oxygen atoms in total. The summed E-state index contributed by atoms with van der Waals surface area (Å²) in [5.74, 6) is -2.83. The summed E-state index contributed by atoms with van der Waals surface area (Å²) in [6, 6.07) is 4.47. The number of aliphatic carboxylic acids is 2. The van der Waals surface area contributed by atoms with Crippen molar-refractivity contribution in [2.45, 2.75) is 50.3 Å². The zero-order valence-electron chi connectivity index (χ0n) is 14.3. The average molecular weight is 364 g/mol. The van der Waals surface area contributed by atoms with Gasteiger partial charge in [0.1, 0.15) is 18.2 Å². The number of esters is 1. The number of ether oxygens (including phenoxy) is 1. The summed E-state index contributed by atoms with van der Waals surface area (Å²) in [5, 5.41) is 17.8. The van der Waals surface area contributed by atoms with Gasteiger partial charge in [0.15, 0.2) is 0 Å². The van der Waals surface area contributed by atoms with Crippen molar-refractivity contribution in [3.05, 3.63) is 35.4 Å². The molecule has 142 valence electrons. The second-order valence-corrected chi connectivity index (χ2v) is 6.66. The van der Waals surface area contributed by atoms with Crippen LogP contribution in [0.2, 0.25) is 0 Å². The third kappa shape index (κ3) is 5.27. The van der Waals surface area contributed by atoms with E-state index in [1.165, 1.54) is 0 Å². The number of rotatable bonds is 7. The molecule has 6 N–H and O–H groups in total. The van der Waals surface area contributed by atoms with E-state index < -0.39 is 30.0 Å². The molecule has 1 aliphatic carbocycles. The van der Waals surface area contributed by atoms with Gasteiger partial charge in [-0.25, -0.2) is 4.79 Å². The molecule has 0 aromatic heterocycles. The highest BCUT2D eigenvalue weighted by molar-refractivity contribution is 5.89. The molecule has 0 amide bonds. The number of hydrogen-bond acceptors (Lipinski definition) is 6. The molecule has 1 fully saturated rings. The highest BCUT2D eigenvalue weighted by Gasteiger charge is 2.32. The van der Waals surface area contributed by atoms with E-state index in [0.29, 0.717) is 30.4 Å². The molecule has 2 unspecified atom stereocenters. The van der Waals surface area contributed by atoms with Crippen molar-refractivity contribution in [1.29, 1.82) is 0 Å². The molecule has 1 aromatic rings. The van der Waals surface area contributed by atoms with Crippen LogP contribution < -0.4 is 11.5 Å². The predicted molar refractivity (Wildman–Crippen MR) is 92.5 cm³/mol. The molecule has 1 aromatic carbocycles. The van der Waals surface area contributed by atoms with Gasteiger partial charge in [0.05, 0.1) is 5.56 Å². The first kappa shape index (κ1) is 19.9. The molecule has 1 saturated carbocycles. The number of carbonyl (C=O) groups is 3. The number of hydrogen-bond donors (Lipinski definition) is 4. The fourth-order valence-corrected chi connectivity index (χ4v) is 3.15. The minimum absolute atomic E-state index is 0.169. The van der Waals surface area contributed by atoms with Gasteiger partial charge in [-0.15, -0.1) is 0 Å². The van der Waals surface area contributed by atoms with Gasteiger partial charge >= 0.3 is 17.9 Å². The Kier molecular flexibility index (Phi) is 6.70. The van der Waals surface area contributed by atoms with Gasteiger partial charge in [-0.1, -0.05) is 12.1 Å². The Morgan fingerprint density at radius 3 is 2.31 bits per heavy atom. The van der Waals surface area contributed by atoms with E-state index in [1.54, 1.807) is 24.3 Å². The minimum Gasteiger partial charge on any atom is -0.480 e. The molecule has 0 saturated heterocycles. The van der Waals surface area contributed by atoms with Crippen molar-refractivity contribution in [3.8, 4) is 0 Å². The molecule has 0 bridgehead atoms. The second-order valence-electron chi connectivity index (χ2n) is 6.66. The van der Waals surface area contributed by atoms with Gasteiger partial charge in [-0.05, 0) is 55.7 Å². The van der Waals surface area contributed by atoms with E-state index in [1.807, 2.05) is 0 Å². The number of nitrogens with two attached hydrogens (primary N) is 2. The van der Waals surface area contributed by atoms with E-state index in [4.69, 9.17) is 26.4 Å². The third-order valence-corrected chi connectivity index (χ3v) is 4.70. The van der Waals surface area contributed by atoms with Gasteiger partial charge < -0.3 is 26.4 Å². The van der Waals surface area contributed by atoms with E-state index in [2.05, 4.69) is 0 Å². The van der Waals surface area contributed by atoms with Crippen LogP contribution in [0.15, 0.2) is 24.3 Å². The lowest BCUT2D eigenvalue weighted by Gasteiger charge is -2.30. The zero-order valence-corrected chi connectivity index (χ0v) is 14.3. The lowest BCUT2D eigenvalue weighted by molar-refractivity contribution is -0.140. The highest BCUT2D eigenvalue weighted by atomic mass is 16.5. The summed E-state index contributed by atoms with van der Waals surface area (Å²) in [6.07, 6.45) is 2.40. The first-order chi connectivity index (χ1) is 12.3. The summed E-state index contributed by atoms with van der Waals surface area (Å²) >= 11 is 0. The van der Waals surface area contributed by atoms with Crippen LogP contribution in [0.3, 0.4) is 0 Å². The molecule has 0 heterocycles. The highest BCUT2D eigenvalue weighted by Crippen LogP contribution is 2.29. The fraction of sp³-hybridized carbons (Fsp3) is 0.500.